The van der Waals surface area contributed by atoms with Gasteiger partial charge in [0.2, 0.25) is 0 Å². The lowest BCUT2D eigenvalue weighted by Gasteiger charge is -2.17. The average Bonchev–Trinajstić information content (AvgIpc) is 2.48. The fourth-order valence-corrected chi connectivity index (χ4v) is 2.29. The van der Waals surface area contributed by atoms with E-state index >= 15 is 0 Å². The number of nitrogens with one attached hydrogen (secondary N) is 1. The third-order valence-corrected chi connectivity index (χ3v) is 3.59. The molecule has 1 atom stereocenters. The third kappa shape index (κ3) is 3.86. The number of rotatable bonds is 5. The van der Waals surface area contributed by atoms with Crippen LogP contribution in [0.1, 0.15) is 24.1 Å². The van der Waals surface area contributed by atoms with Crippen molar-refractivity contribution in [3.8, 4) is 11.5 Å². The lowest BCUT2D eigenvalue weighted by Crippen LogP contribution is -2.18. The van der Waals surface area contributed by atoms with Crippen molar-refractivity contribution in [2.24, 2.45) is 0 Å². The number of phenolic OH excluding ortho intramolecular Hbond substituents is 1. The molecule has 0 fully saturated rings. The highest BCUT2D eigenvalue weighted by atomic mass is 35.5. The average molecular weight is 310 g/mol. The number of methoxy groups -OCH3 is 1. The van der Waals surface area contributed by atoms with Gasteiger partial charge < -0.3 is 15.2 Å². The minimum atomic E-state index is -0.299. The molecule has 0 saturated carbocycles. The molecule has 0 aliphatic carbocycles. The van der Waals surface area contributed by atoms with Crippen molar-refractivity contribution >= 4 is 11.6 Å². The smallest absolute Gasteiger partial charge is 0.134 e. The number of ether oxygens (including phenoxy) is 1. The van der Waals surface area contributed by atoms with E-state index in [-0.39, 0.29) is 17.6 Å². The van der Waals surface area contributed by atoms with Gasteiger partial charge in [-0.25, -0.2) is 4.39 Å². The molecule has 0 saturated heterocycles. The number of aromatic hydroxyl groups is 1. The van der Waals surface area contributed by atoms with Gasteiger partial charge in [0, 0.05) is 18.2 Å². The van der Waals surface area contributed by atoms with Gasteiger partial charge >= 0.3 is 0 Å². The second kappa shape index (κ2) is 6.78. The Morgan fingerprint density at radius 2 is 2.05 bits per heavy atom. The SMILES string of the molecule is COc1ccc(F)cc1C(C)NCc1ccc(O)c(Cl)c1. The van der Waals surface area contributed by atoms with Crippen molar-refractivity contribution in [2.75, 3.05) is 7.11 Å². The van der Waals surface area contributed by atoms with Crippen molar-refractivity contribution in [1.82, 2.24) is 5.32 Å². The largest absolute Gasteiger partial charge is 0.506 e. The lowest BCUT2D eigenvalue weighted by atomic mass is 10.1. The van der Waals surface area contributed by atoms with E-state index in [0.717, 1.165) is 11.1 Å². The fourth-order valence-electron chi connectivity index (χ4n) is 2.08. The van der Waals surface area contributed by atoms with Crippen molar-refractivity contribution in [1.29, 1.82) is 0 Å². The monoisotopic (exact) mass is 309 g/mol. The van der Waals surface area contributed by atoms with Gasteiger partial charge in [-0.3, -0.25) is 0 Å². The first-order valence-electron chi connectivity index (χ1n) is 6.55. The molecule has 21 heavy (non-hydrogen) atoms. The quantitative estimate of drug-likeness (QED) is 0.875. The summed E-state index contributed by atoms with van der Waals surface area (Å²) in [6.07, 6.45) is 0. The van der Waals surface area contributed by atoms with Crippen molar-refractivity contribution in [3.63, 3.8) is 0 Å². The molecule has 0 amide bonds. The Kier molecular flexibility index (Phi) is 5.04. The summed E-state index contributed by atoms with van der Waals surface area (Å²) in [6.45, 7) is 2.47. The molecule has 3 nitrogen and oxygen atoms in total. The summed E-state index contributed by atoms with van der Waals surface area (Å²) in [4.78, 5) is 0. The highest BCUT2D eigenvalue weighted by Gasteiger charge is 2.12. The van der Waals surface area contributed by atoms with E-state index in [9.17, 15) is 9.50 Å². The first-order valence-corrected chi connectivity index (χ1v) is 6.93. The molecule has 1 unspecified atom stereocenters. The summed E-state index contributed by atoms with van der Waals surface area (Å²) in [7, 11) is 1.56. The van der Waals surface area contributed by atoms with E-state index < -0.39 is 0 Å². The van der Waals surface area contributed by atoms with E-state index in [2.05, 4.69) is 5.32 Å². The molecule has 0 radical (unpaired) electrons. The maximum Gasteiger partial charge on any atom is 0.134 e. The number of benzene rings is 2. The fraction of sp³-hybridized carbons (Fsp3) is 0.250. The second-order valence-electron chi connectivity index (χ2n) is 4.77. The normalized spacial score (nSPS) is 12.2. The highest BCUT2D eigenvalue weighted by molar-refractivity contribution is 6.32. The second-order valence-corrected chi connectivity index (χ2v) is 5.18. The Hall–Kier alpha value is -1.78. The number of hydrogen-bond acceptors (Lipinski definition) is 3. The molecule has 112 valence electrons. The molecule has 0 aromatic heterocycles. The molecule has 0 heterocycles. The topological polar surface area (TPSA) is 41.5 Å². The summed E-state index contributed by atoms with van der Waals surface area (Å²) >= 11 is 5.87. The van der Waals surface area contributed by atoms with Crippen LogP contribution in [0.15, 0.2) is 36.4 Å². The van der Waals surface area contributed by atoms with Crippen LogP contribution in [0.4, 0.5) is 4.39 Å². The lowest BCUT2D eigenvalue weighted by molar-refractivity contribution is 0.399. The van der Waals surface area contributed by atoms with E-state index in [4.69, 9.17) is 16.3 Å². The van der Waals surface area contributed by atoms with Crippen LogP contribution in [-0.2, 0) is 6.54 Å². The minimum Gasteiger partial charge on any atom is -0.506 e. The molecule has 5 heteroatoms. The first-order chi connectivity index (χ1) is 10.0. The predicted octanol–water partition coefficient (Wildman–Crippen LogP) is 4.04. The third-order valence-electron chi connectivity index (χ3n) is 3.28. The van der Waals surface area contributed by atoms with Gasteiger partial charge in [-0.05, 0) is 42.8 Å². The zero-order chi connectivity index (χ0) is 15.4. The van der Waals surface area contributed by atoms with Gasteiger partial charge in [-0.15, -0.1) is 0 Å². The molecule has 0 aliphatic heterocycles. The van der Waals surface area contributed by atoms with Gasteiger partial charge in [0.05, 0.1) is 12.1 Å². The molecular formula is C16H17ClFNO2. The van der Waals surface area contributed by atoms with Crippen LogP contribution >= 0.6 is 11.6 Å². The standard InChI is InChI=1S/C16H17ClFNO2/c1-10(13-8-12(18)4-6-16(13)21-2)19-9-11-3-5-15(20)14(17)7-11/h3-8,10,19-20H,9H2,1-2H3. The molecular weight excluding hydrogens is 293 g/mol. The summed E-state index contributed by atoms with van der Waals surface area (Å²) in [6, 6.07) is 9.37. The molecule has 2 rings (SSSR count). The van der Waals surface area contributed by atoms with Gasteiger partial charge in [0.15, 0.2) is 0 Å². The van der Waals surface area contributed by atoms with Crippen molar-refractivity contribution in [3.05, 3.63) is 58.4 Å². The van der Waals surface area contributed by atoms with Crippen molar-refractivity contribution in [2.45, 2.75) is 19.5 Å². The van der Waals surface area contributed by atoms with E-state index in [1.807, 2.05) is 6.92 Å². The molecule has 2 aromatic rings. The van der Waals surface area contributed by atoms with Crippen LogP contribution < -0.4 is 10.1 Å². The Morgan fingerprint density at radius 3 is 2.71 bits per heavy atom. The van der Waals surface area contributed by atoms with E-state index in [0.29, 0.717) is 17.3 Å². The molecule has 0 bridgehead atoms. The van der Waals surface area contributed by atoms with Crippen LogP contribution in [0.5, 0.6) is 11.5 Å². The van der Waals surface area contributed by atoms with Crippen LogP contribution in [0, 0.1) is 5.82 Å². The number of halogens is 2. The Labute approximate surface area is 128 Å². The molecule has 0 spiro atoms. The molecule has 0 aliphatic rings. The zero-order valence-corrected chi connectivity index (χ0v) is 12.6. The molecule has 2 N–H and O–H groups in total. The summed E-state index contributed by atoms with van der Waals surface area (Å²) < 4.78 is 18.6. The number of hydrogen-bond donors (Lipinski definition) is 2. The highest BCUT2D eigenvalue weighted by Crippen LogP contribution is 2.27. The van der Waals surface area contributed by atoms with Gasteiger partial charge in [0.1, 0.15) is 17.3 Å². The van der Waals surface area contributed by atoms with E-state index in [1.54, 1.807) is 31.4 Å². The van der Waals surface area contributed by atoms with Gasteiger partial charge in [0.25, 0.3) is 0 Å². The molecule has 2 aromatic carbocycles. The van der Waals surface area contributed by atoms with Crippen LogP contribution in [0.3, 0.4) is 0 Å². The number of phenols is 1. The Bertz CT molecular complexity index is 634. The predicted molar refractivity (Wildman–Crippen MR) is 81.3 cm³/mol. The van der Waals surface area contributed by atoms with Crippen LogP contribution in [0.2, 0.25) is 5.02 Å². The Morgan fingerprint density at radius 1 is 1.29 bits per heavy atom. The summed E-state index contributed by atoms with van der Waals surface area (Å²) in [5, 5.41) is 13.0. The van der Waals surface area contributed by atoms with Crippen LogP contribution in [0.25, 0.3) is 0 Å². The van der Waals surface area contributed by atoms with Crippen LogP contribution in [-0.4, -0.2) is 12.2 Å². The van der Waals surface area contributed by atoms with E-state index in [1.165, 1.54) is 12.1 Å². The minimum absolute atomic E-state index is 0.0558. The summed E-state index contributed by atoms with van der Waals surface area (Å²) in [5.74, 6) is 0.396. The maximum absolute atomic E-state index is 13.4. The zero-order valence-electron chi connectivity index (χ0n) is 11.9. The first kappa shape index (κ1) is 15.6. The Balaban J connectivity index is 2.09. The van der Waals surface area contributed by atoms with Crippen molar-refractivity contribution < 1.29 is 14.2 Å². The van der Waals surface area contributed by atoms with Gasteiger partial charge in [-0.2, -0.15) is 0 Å². The maximum atomic E-state index is 13.4. The van der Waals surface area contributed by atoms with Gasteiger partial charge in [-0.1, -0.05) is 17.7 Å². The summed E-state index contributed by atoms with van der Waals surface area (Å²) in [5.41, 5.74) is 1.68.